The Morgan fingerprint density at radius 2 is 1.87 bits per heavy atom. The molecule has 0 atom stereocenters. The molecule has 3 rings (SSSR count). The van der Waals surface area contributed by atoms with Crippen molar-refractivity contribution in [1.29, 1.82) is 0 Å². The fraction of sp³-hybridized carbons (Fsp3) is 0.421. The number of anilines is 3. The Bertz CT molecular complexity index is 935. The van der Waals surface area contributed by atoms with Crippen LogP contribution in [0.25, 0.3) is 0 Å². The zero-order chi connectivity index (χ0) is 22.6. The van der Waals surface area contributed by atoms with Crippen LogP contribution >= 0.6 is 23.2 Å². The summed E-state index contributed by atoms with van der Waals surface area (Å²) in [6, 6.07) is 4.64. The number of nitrogens with one attached hydrogen (secondary N) is 2. The number of hydrogen-bond acceptors (Lipinski definition) is 6. The maximum Gasteiger partial charge on any atom is 0.421 e. The van der Waals surface area contributed by atoms with Gasteiger partial charge in [0.05, 0.1) is 10.0 Å². The summed E-state index contributed by atoms with van der Waals surface area (Å²) in [6.07, 6.45) is -3.90. The monoisotopic (exact) mass is 476 g/mol. The number of nitrogens with zero attached hydrogens (tertiary/aromatic N) is 4. The second-order valence-electron chi connectivity index (χ2n) is 7.07. The summed E-state index contributed by atoms with van der Waals surface area (Å²) in [7, 11) is 1.97. The van der Waals surface area contributed by atoms with Gasteiger partial charge in [-0.3, -0.25) is 4.79 Å². The van der Waals surface area contributed by atoms with Crippen LogP contribution < -0.4 is 10.6 Å². The van der Waals surface area contributed by atoms with E-state index < -0.39 is 17.6 Å². The smallest absolute Gasteiger partial charge is 0.369 e. The molecule has 168 valence electrons. The van der Waals surface area contributed by atoms with Crippen LogP contribution in [0.1, 0.15) is 12.0 Å². The van der Waals surface area contributed by atoms with Gasteiger partial charge in [0.1, 0.15) is 11.4 Å². The van der Waals surface area contributed by atoms with E-state index in [0.717, 1.165) is 13.1 Å². The van der Waals surface area contributed by atoms with E-state index >= 15 is 0 Å². The van der Waals surface area contributed by atoms with Gasteiger partial charge in [-0.15, -0.1) is 0 Å². The molecule has 0 spiro atoms. The van der Waals surface area contributed by atoms with E-state index in [2.05, 4.69) is 25.5 Å². The van der Waals surface area contributed by atoms with Crippen molar-refractivity contribution in [3.8, 4) is 0 Å². The molecule has 1 aliphatic heterocycles. The fourth-order valence-electron chi connectivity index (χ4n) is 2.99. The number of rotatable bonds is 6. The quantitative estimate of drug-likeness (QED) is 0.653. The highest BCUT2D eigenvalue weighted by atomic mass is 35.5. The number of piperazine rings is 1. The van der Waals surface area contributed by atoms with E-state index in [1.807, 2.05) is 7.05 Å². The minimum absolute atomic E-state index is 0.0114. The second kappa shape index (κ2) is 9.88. The number of carbonyl (C=O) groups is 1. The van der Waals surface area contributed by atoms with Gasteiger partial charge in [0.25, 0.3) is 0 Å². The van der Waals surface area contributed by atoms with Gasteiger partial charge in [-0.05, 0) is 25.2 Å². The lowest BCUT2D eigenvalue weighted by atomic mass is 10.2. The molecule has 7 nitrogen and oxygen atoms in total. The van der Waals surface area contributed by atoms with Crippen molar-refractivity contribution in [2.45, 2.75) is 12.6 Å². The molecule has 0 unspecified atom stereocenters. The Labute approximate surface area is 187 Å². The van der Waals surface area contributed by atoms with E-state index in [-0.39, 0.29) is 29.8 Å². The van der Waals surface area contributed by atoms with E-state index in [4.69, 9.17) is 23.2 Å². The molecule has 1 aliphatic rings. The molecule has 1 fully saturated rings. The van der Waals surface area contributed by atoms with Crippen LogP contribution in [0.15, 0.2) is 24.4 Å². The van der Waals surface area contributed by atoms with Crippen LogP contribution in [-0.2, 0) is 11.0 Å². The first-order valence-corrected chi connectivity index (χ1v) is 10.3. The predicted octanol–water partition coefficient (Wildman–Crippen LogP) is 4.12. The lowest BCUT2D eigenvalue weighted by Crippen LogP contribution is -2.47. The van der Waals surface area contributed by atoms with Crippen molar-refractivity contribution in [3.63, 3.8) is 0 Å². The molecular formula is C19H21Cl2F3N6O. The summed E-state index contributed by atoms with van der Waals surface area (Å²) in [6.45, 7) is 2.76. The summed E-state index contributed by atoms with van der Waals surface area (Å²) < 4.78 is 40.1. The molecule has 1 aromatic heterocycles. The Hall–Kier alpha value is -2.30. The molecule has 0 aliphatic carbocycles. The summed E-state index contributed by atoms with van der Waals surface area (Å²) in [5.41, 5.74) is -0.551. The normalized spacial score (nSPS) is 15.1. The number of halogens is 5. The van der Waals surface area contributed by atoms with Crippen molar-refractivity contribution >= 4 is 46.6 Å². The first-order chi connectivity index (χ1) is 14.6. The Kier molecular flexibility index (Phi) is 7.45. The molecule has 2 heterocycles. The number of hydrogen-bond donors (Lipinski definition) is 2. The molecule has 0 bridgehead atoms. The summed E-state index contributed by atoms with van der Waals surface area (Å²) in [5.74, 6) is -0.576. The van der Waals surface area contributed by atoms with Crippen LogP contribution in [-0.4, -0.2) is 65.4 Å². The molecule has 1 amide bonds. The Morgan fingerprint density at radius 3 is 2.52 bits per heavy atom. The molecule has 2 aromatic rings. The number of amides is 1. The van der Waals surface area contributed by atoms with E-state index in [1.165, 1.54) is 6.07 Å². The zero-order valence-corrected chi connectivity index (χ0v) is 18.2. The van der Waals surface area contributed by atoms with Gasteiger partial charge >= 0.3 is 6.18 Å². The Morgan fingerprint density at radius 1 is 1.16 bits per heavy atom. The van der Waals surface area contributed by atoms with E-state index in [0.29, 0.717) is 30.0 Å². The van der Waals surface area contributed by atoms with Crippen molar-refractivity contribution in [2.75, 3.05) is 50.4 Å². The van der Waals surface area contributed by atoms with Gasteiger partial charge in [0.2, 0.25) is 11.9 Å². The zero-order valence-electron chi connectivity index (χ0n) is 16.6. The molecular weight excluding hydrogens is 456 g/mol. The SMILES string of the molecule is CN1CCN(C(=O)CCNc2nc(Nc3ccc(Cl)c(Cl)c3)ncc2C(F)(F)F)CC1. The molecule has 12 heteroatoms. The van der Waals surface area contributed by atoms with Crippen LogP contribution in [0.4, 0.5) is 30.6 Å². The van der Waals surface area contributed by atoms with Gasteiger partial charge in [-0.1, -0.05) is 23.2 Å². The van der Waals surface area contributed by atoms with Crippen LogP contribution in [0.2, 0.25) is 10.0 Å². The predicted molar refractivity (Wildman–Crippen MR) is 114 cm³/mol. The molecule has 0 saturated carbocycles. The number of carbonyl (C=O) groups excluding carboxylic acids is 1. The highest BCUT2D eigenvalue weighted by Gasteiger charge is 2.35. The van der Waals surface area contributed by atoms with Crippen LogP contribution in [0, 0.1) is 0 Å². The Balaban J connectivity index is 1.68. The van der Waals surface area contributed by atoms with Crippen LogP contribution in [0.5, 0.6) is 0 Å². The molecule has 1 aromatic carbocycles. The van der Waals surface area contributed by atoms with E-state index in [9.17, 15) is 18.0 Å². The highest BCUT2D eigenvalue weighted by molar-refractivity contribution is 6.42. The van der Waals surface area contributed by atoms with Gasteiger partial charge in [-0.2, -0.15) is 18.2 Å². The standard InChI is InChI=1S/C19H21Cl2F3N6O/c1-29-6-8-30(9-7-29)16(31)4-5-25-17-13(19(22,23)24)11-26-18(28-17)27-12-2-3-14(20)15(21)10-12/h2-3,10-11H,4-9H2,1H3,(H2,25,26,27,28). The first kappa shape index (κ1) is 23.4. The number of alkyl halides is 3. The lowest BCUT2D eigenvalue weighted by molar-refractivity contribution is -0.137. The van der Waals surface area contributed by atoms with Gasteiger partial charge in [-0.25, -0.2) is 4.98 Å². The van der Waals surface area contributed by atoms with Gasteiger partial charge in [0, 0.05) is 51.0 Å². The first-order valence-electron chi connectivity index (χ1n) is 9.50. The minimum Gasteiger partial charge on any atom is -0.369 e. The van der Waals surface area contributed by atoms with Gasteiger partial charge in [0.15, 0.2) is 0 Å². The molecule has 31 heavy (non-hydrogen) atoms. The minimum atomic E-state index is -4.65. The number of benzene rings is 1. The molecule has 1 saturated heterocycles. The van der Waals surface area contributed by atoms with Crippen molar-refractivity contribution in [1.82, 2.24) is 19.8 Å². The van der Waals surface area contributed by atoms with Crippen LogP contribution in [0.3, 0.4) is 0 Å². The molecule has 0 radical (unpaired) electrons. The van der Waals surface area contributed by atoms with E-state index in [1.54, 1.807) is 17.0 Å². The topological polar surface area (TPSA) is 73.4 Å². The van der Waals surface area contributed by atoms with Crippen molar-refractivity contribution in [3.05, 3.63) is 40.0 Å². The maximum absolute atomic E-state index is 13.4. The number of aromatic nitrogens is 2. The van der Waals surface area contributed by atoms with Crippen molar-refractivity contribution < 1.29 is 18.0 Å². The maximum atomic E-state index is 13.4. The lowest BCUT2D eigenvalue weighted by Gasteiger charge is -2.32. The third-order valence-corrected chi connectivity index (χ3v) is 5.50. The largest absolute Gasteiger partial charge is 0.421 e. The third-order valence-electron chi connectivity index (χ3n) is 4.76. The summed E-state index contributed by atoms with van der Waals surface area (Å²) in [5, 5.41) is 6.04. The van der Waals surface area contributed by atoms with Crippen molar-refractivity contribution in [2.24, 2.45) is 0 Å². The number of likely N-dealkylation sites (N-methyl/N-ethyl adjacent to an activating group) is 1. The van der Waals surface area contributed by atoms with Gasteiger partial charge < -0.3 is 20.4 Å². The highest BCUT2D eigenvalue weighted by Crippen LogP contribution is 2.34. The second-order valence-corrected chi connectivity index (χ2v) is 7.88. The fourth-order valence-corrected chi connectivity index (χ4v) is 3.29. The molecule has 2 N–H and O–H groups in total. The average molecular weight is 477 g/mol. The average Bonchev–Trinajstić information content (AvgIpc) is 2.70. The third kappa shape index (κ3) is 6.34. The summed E-state index contributed by atoms with van der Waals surface area (Å²) in [4.78, 5) is 23.8. The summed E-state index contributed by atoms with van der Waals surface area (Å²) >= 11 is 11.8.